The van der Waals surface area contributed by atoms with Gasteiger partial charge in [0.1, 0.15) is 0 Å². The van der Waals surface area contributed by atoms with Crippen LogP contribution in [0.25, 0.3) is 0 Å². The van der Waals surface area contributed by atoms with E-state index in [-0.39, 0.29) is 5.91 Å². The first-order valence-electron chi connectivity index (χ1n) is 6.85. The third-order valence-electron chi connectivity index (χ3n) is 3.80. The van der Waals surface area contributed by atoms with E-state index in [9.17, 15) is 9.59 Å². The zero-order valence-corrected chi connectivity index (χ0v) is 11.7. The topological polar surface area (TPSA) is 58.2 Å². The second-order valence-electron chi connectivity index (χ2n) is 5.34. The van der Waals surface area contributed by atoms with E-state index >= 15 is 0 Å². The van der Waals surface area contributed by atoms with Crippen LogP contribution in [0, 0.1) is 6.92 Å². The van der Waals surface area contributed by atoms with Crippen LogP contribution >= 0.6 is 0 Å². The van der Waals surface area contributed by atoms with Crippen LogP contribution in [0.15, 0.2) is 54.6 Å². The lowest BCUT2D eigenvalue weighted by molar-refractivity contribution is -0.124. The van der Waals surface area contributed by atoms with Crippen LogP contribution in [0.4, 0.5) is 4.79 Å². The highest BCUT2D eigenvalue weighted by atomic mass is 16.2. The largest absolute Gasteiger partial charge is 0.322 e. The molecular weight excluding hydrogens is 264 g/mol. The van der Waals surface area contributed by atoms with Gasteiger partial charge in [-0.05, 0) is 18.1 Å². The molecule has 4 heteroatoms. The molecule has 106 valence electrons. The Bertz CT molecular complexity index is 680. The lowest BCUT2D eigenvalue weighted by Crippen LogP contribution is -2.45. The van der Waals surface area contributed by atoms with Gasteiger partial charge in [0, 0.05) is 6.42 Å². The maximum atomic E-state index is 12.4. The summed E-state index contributed by atoms with van der Waals surface area (Å²) >= 11 is 0. The molecule has 0 aliphatic carbocycles. The van der Waals surface area contributed by atoms with Crippen LogP contribution in [-0.4, -0.2) is 11.9 Å². The van der Waals surface area contributed by atoms with Crippen molar-refractivity contribution in [2.75, 3.05) is 0 Å². The van der Waals surface area contributed by atoms with E-state index in [0.717, 1.165) is 16.7 Å². The van der Waals surface area contributed by atoms with Gasteiger partial charge in [-0.25, -0.2) is 4.79 Å². The van der Waals surface area contributed by atoms with Crippen molar-refractivity contribution in [1.29, 1.82) is 0 Å². The number of carbonyl (C=O) groups excluding carboxylic acids is 2. The Kier molecular flexibility index (Phi) is 3.22. The molecule has 0 saturated carbocycles. The zero-order chi connectivity index (χ0) is 14.9. The number of carbonyl (C=O) groups is 2. The summed E-state index contributed by atoms with van der Waals surface area (Å²) in [5.74, 6) is -0.306. The Labute approximate surface area is 123 Å². The van der Waals surface area contributed by atoms with E-state index in [1.54, 1.807) is 0 Å². The molecule has 0 radical (unpaired) electrons. The molecule has 3 rings (SSSR count). The predicted octanol–water partition coefficient (Wildman–Crippen LogP) is 2.27. The maximum Gasteiger partial charge on any atom is 0.322 e. The summed E-state index contributed by atoms with van der Waals surface area (Å²) in [6, 6.07) is 16.9. The number of benzene rings is 2. The molecule has 1 atom stereocenters. The normalized spacial score (nSPS) is 21.0. The van der Waals surface area contributed by atoms with Gasteiger partial charge >= 0.3 is 6.03 Å². The molecule has 21 heavy (non-hydrogen) atoms. The minimum Gasteiger partial charge on any atom is -0.319 e. The van der Waals surface area contributed by atoms with Gasteiger partial charge in [-0.15, -0.1) is 0 Å². The van der Waals surface area contributed by atoms with Crippen LogP contribution in [0.2, 0.25) is 0 Å². The summed E-state index contributed by atoms with van der Waals surface area (Å²) in [4.78, 5) is 24.0. The lowest BCUT2D eigenvalue weighted by atomic mass is 9.84. The fraction of sp³-hybridized carbons (Fsp3) is 0.176. The number of hydrogen-bond donors (Lipinski definition) is 2. The number of hydrogen-bond acceptors (Lipinski definition) is 2. The Morgan fingerprint density at radius 1 is 0.952 bits per heavy atom. The van der Waals surface area contributed by atoms with Crippen LogP contribution in [-0.2, 0) is 16.8 Å². The Morgan fingerprint density at radius 2 is 1.62 bits per heavy atom. The molecular formula is C17H16N2O2. The molecule has 0 spiro atoms. The van der Waals surface area contributed by atoms with E-state index in [4.69, 9.17) is 0 Å². The van der Waals surface area contributed by atoms with Gasteiger partial charge in [-0.1, -0.05) is 60.2 Å². The quantitative estimate of drug-likeness (QED) is 0.847. The average molecular weight is 280 g/mol. The third-order valence-corrected chi connectivity index (χ3v) is 3.80. The van der Waals surface area contributed by atoms with Crippen molar-refractivity contribution in [3.63, 3.8) is 0 Å². The van der Waals surface area contributed by atoms with E-state index in [2.05, 4.69) is 10.6 Å². The van der Waals surface area contributed by atoms with Gasteiger partial charge in [0.05, 0.1) is 0 Å². The van der Waals surface area contributed by atoms with Crippen molar-refractivity contribution < 1.29 is 9.59 Å². The van der Waals surface area contributed by atoms with Gasteiger partial charge in [-0.2, -0.15) is 0 Å². The molecule has 1 heterocycles. The summed E-state index contributed by atoms with van der Waals surface area (Å²) in [5, 5.41) is 5.15. The molecule has 1 aliphatic heterocycles. The minimum absolute atomic E-state index is 0.306. The highest BCUT2D eigenvalue weighted by Crippen LogP contribution is 2.29. The van der Waals surface area contributed by atoms with Gasteiger partial charge in [0.2, 0.25) is 0 Å². The summed E-state index contributed by atoms with van der Waals surface area (Å²) in [6.07, 6.45) is 0.425. The number of nitrogens with one attached hydrogen (secondary N) is 2. The van der Waals surface area contributed by atoms with Gasteiger partial charge < -0.3 is 5.32 Å². The summed E-state index contributed by atoms with van der Waals surface area (Å²) in [5.41, 5.74) is 1.91. The number of urea groups is 1. The van der Waals surface area contributed by atoms with E-state index in [1.165, 1.54) is 0 Å². The molecule has 3 amide bonds. The first kappa shape index (κ1) is 13.4. The average Bonchev–Trinajstić information content (AvgIpc) is 2.77. The minimum atomic E-state index is -1.03. The Morgan fingerprint density at radius 3 is 2.19 bits per heavy atom. The predicted molar refractivity (Wildman–Crippen MR) is 79.7 cm³/mol. The molecule has 2 aromatic rings. The molecule has 1 aliphatic rings. The third kappa shape index (κ3) is 2.40. The Balaban J connectivity index is 2.03. The number of rotatable bonds is 3. The highest BCUT2D eigenvalue weighted by Gasteiger charge is 2.47. The number of aryl methyl sites for hydroxylation is 1. The van der Waals surface area contributed by atoms with Gasteiger partial charge in [0.15, 0.2) is 5.54 Å². The molecule has 1 fully saturated rings. The smallest absolute Gasteiger partial charge is 0.319 e. The van der Waals surface area contributed by atoms with Crippen LogP contribution in [0.5, 0.6) is 0 Å². The molecule has 0 aromatic heterocycles. The van der Waals surface area contributed by atoms with Crippen LogP contribution in [0.3, 0.4) is 0 Å². The fourth-order valence-corrected chi connectivity index (χ4v) is 2.66. The second-order valence-corrected chi connectivity index (χ2v) is 5.34. The van der Waals surface area contributed by atoms with E-state index in [0.29, 0.717) is 6.42 Å². The van der Waals surface area contributed by atoms with Crippen molar-refractivity contribution in [3.8, 4) is 0 Å². The van der Waals surface area contributed by atoms with Crippen molar-refractivity contribution >= 4 is 11.9 Å². The molecule has 2 N–H and O–H groups in total. The number of imide groups is 1. The fourth-order valence-electron chi connectivity index (χ4n) is 2.66. The summed E-state index contributed by atoms with van der Waals surface area (Å²) < 4.78 is 0. The highest BCUT2D eigenvalue weighted by molar-refractivity contribution is 6.07. The first-order valence-corrected chi connectivity index (χ1v) is 6.85. The van der Waals surface area contributed by atoms with Crippen molar-refractivity contribution in [2.45, 2.75) is 18.9 Å². The first-order chi connectivity index (χ1) is 10.1. The molecule has 2 aromatic carbocycles. The van der Waals surface area contributed by atoms with Gasteiger partial charge in [0.25, 0.3) is 5.91 Å². The second kappa shape index (κ2) is 5.05. The zero-order valence-electron chi connectivity index (χ0n) is 11.7. The van der Waals surface area contributed by atoms with Crippen LogP contribution in [0.1, 0.15) is 16.7 Å². The van der Waals surface area contributed by atoms with E-state index in [1.807, 2.05) is 61.5 Å². The lowest BCUT2D eigenvalue weighted by Gasteiger charge is -2.26. The standard InChI is InChI=1S/C17H16N2O2/c1-12-7-9-13(10-8-12)11-17(14-5-3-2-4-6-14)15(20)18-16(21)19-17/h2-10H,11H2,1H3,(H2,18,19,20,21)/t17-/m0/s1. The molecule has 0 unspecified atom stereocenters. The monoisotopic (exact) mass is 280 g/mol. The summed E-state index contributed by atoms with van der Waals surface area (Å²) in [6.45, 7) is 2.01. The van der Waals surface area contributed by atoms with Crippen LogP contribution < -0.4 is 10.6 Å². The molecule has 0 bridgehead atoms. The van der Waals surface area contributed by atoms with Crippen molar-refractivity contribution in [1.82, 2.24) is 10.6 Å². The summed E-state index contributed by atoms with van der Waals surface area (Å²) in [7, 11) is 0. The van der Waals surface area contributed by atoms with Gasteiger partial charge in [-0.3, -0.25) is 10.1 Å². The number of amides is 3. The van der Waals surface area contributed by atoms with Crippen molar-refractivity contribution in [3.05, 3.63) is 71.3 Å². The van der Waals surface area contributed by atoms with E-state index < -0.39 is 11.6 Å². The molecule has 1 saturated heterocycles. The van der Waals surface area contributed by atoms with Crippen molar-refractivity contribution in [2.24, 2.45) is 0 Å². The SMILES string of the molecule is Cc1ccc(C[C@@]2(c3ccccc3)NC(=O)NC2=O)cc1. The molecule has 4 nitrogen and oxygen atoms in total. The maximum absolute atomic E-state index is 12.4. The Hall–Kier alpha value is -2.62.